The lowest BCUT2D eigenvalue weighted by Crippen LogP contribution is -2.13. The van der Waals surface area contributed by atoms with E-state index in [9.17, 15) is 4.79 Å². The van der Waals surface area contributed by atoms with Crippen LogP contribution in [0.3, 0.4) is 0 Å². The van der Waals surface area contributed by atoms with Crippen LogP contribution in [-0.4, -0.2) is 13.0 Å². The summed E-state index contributed by atoms with van der Waals surface area (Å²) in [4.78, 5) is 12.1. The highest BCUT2D eigenvalue weighted by Crippen LogP contribution is 2.16. The van der Waals surface area contributed by atoms with Crippen molar-refractivity contribution in [2.45, 2.75) is 0 Å². The lowest BCUT2D eigenvalue weighted by Gasteiger charge is -2.08. The van der Waals surface area contributed by atoms with Crippen LogP contribution in [0.15, 0.2) is 48.5 Å². The Morgan fingerprint density at radius 3 is 2.68 bits per heavy atom. The van der Waals surface area contributed by atoms with Gasteiger partial charge in [0.2, 0.25) is 0 Å². The number of nitrogens with zero attached hydrogens (tertiary/aromatic N) is 1. The fraction of sp³-hybridized carbons (Fsp3) is 0.0667. The third-order valence-electron chi connectivity index (χ3n) is 2.71. The van der Waals surface area contributed by atoms with Crippen LogP contribution in [0.5, 0.6) is 0 Å². The van der Waals surface area contributed by atoms with Gasteiger partial charge in [0.15, 0.2) is 0 Å². The van der Waals surface area contributed by atoms with E-state index in [0.29, 0.717) is 16.8 Å². The second kappa shape index (κ2) is 5.69. The third-order valence-corrected chi connectivity index (χ3v) is 2.71. The topological polar surface area (TPSA) is 64.9 Å². The largest absolute Gasteiger partial charge is 0.388 e. The minimum atomic E-state index is -0.236. The van der Waals surface area contributed by atoms with E-state index in [1.165, 1.54) is 0 Å². The Labute approximate surface area is 111 Å². The molecule has 0 atom stereocenters. The van der Waals surface area contributed by atoms with Crippen LogP contribution < -0.4 is 10.6 Å². The number of carbonyl (C=O) groups is 1. The SMILES string of the molecule is CNc1cccc(C(=O)Nc2ccccc2C#N)c1. The maximum Gasteiger partial charge on any atom is 0.255 e. The molecule has 0 aliphatic heterocycles. The van der Waals surface area contributed by atoms with Crippen molar-refractivity contribution in [3.8, 4) is 6.07 Å². The number of nitrogens with one attached hydrogen (secondary N) is 2. The summed E-state index contributed by atoms with van der Waals surface area (Å²) < 4.78 is 0. The Hall–Kier alpha value is -2.80. The summed E-state index contributed by atoms with van der Waals surface area (Å²) in [6.45, 7) is 0. The average Bonchev–Trinajstić information content (AvgIpc) is 2.47. The van der Waals surface area contributed by atoms with E-state index in [-0.39, 0.29) is 5.91 Å². The number of hydrogen-bond donors (Lipinski definition) is 2. The van der Waals surface area contributed by atoms with E-state index in [1.54, 1.807) is 49.5 Å². The van der Waals surface area contributed by atoms with Crippen molar-refractivity contribution in [2.75, 3.05) is 17.7 Å². The van der Waals surface area contributed by atoms with Gasteiger partial charge in [0.05, 0.1) is 11.3 Å². The number of benzene rings is 2. The van der Waals surface area contributed by atoms with Gasteiger partial charge in [0.1, 0.15) is 6.07 Å². The molecule has 0 unspecified atom stereocenters. The van der Waals surface area contributed by atoms with Crippen LogP contribution in [0.4, 0.5) is 11.4 Å². The zero-order chi connectivity index (χ0) is 13.7. The first-order valence-corrected chi connectivity index (χ1v) is 5.83. The van der Waals surface area contributed by atoms with Gasteiger partial charge >= 0.3 is 0 Å². The summed E-state index contributed by atoms with van der Waals surface area (Å²) in [7, 11) is 1.79. The van der Waals surface area contributed by atoms with E-state index in [1.807, 2.05) is 12.1 Å². The van der Waals surface area contributed by atoms with E-state index in [2.05, 4.69) is 10.6 Å². The average molecular weight is 251 g/mol. The Balaban J connectivity index is 2.23. The quantitative estimate of drug-likeness (QED) is 0.881. The summed E-state index contributed by atoms with van der Waals surface area (Å²) >= 11 is 0. The maximum atomic E-state index is 12.1. The predicted molar refractivity (Wildman–Crippen MR) is 75.1 cm³/mol. The minimum absolute atomic E-state index is 0.236. The van der Waals surface area contributed by atoms with Gasteiger partial charge in [-0.05, 0) is 30.3 Å². The van der Waals surface area contributed by atoms with Gasteiger partial charge in [-0.2, -0.15) is 5.26 Å². The minimum Gasteiger partial charge on any atom is -0.388 e. The molecule has 0 bridgehead atoms. The van der Waals surface area contributed by atoms with Crippen LogP contribution in [-0.2, 0) is 0 Å². The van der Waals surface area contributed by atoms with Crippen molar-refractivity contribution in [1.82, 2.24) is 0 Å². The number of anilines is 2. The number of hydrogen-bond acceptors (Lipinski definition) is 3. The van der Waals surface area contributed by atoms with Crippen LogP contribution in [0, 0.1) is 11.3 Å². The molecular weight excluding hydrogens is 238 g/mol. The molecule has 0 saturated carbocycles. The zero-order valence-electron chi connectivity index (χ0n) is 10.5. The summed E-state index contributed by atoms with van der Waals surface area (Å²) in [6.07, 6.45) is 0. The maximum absolute atomic E-state index is 12.1. The highest BCUT2D eigenvalue weighted by atomic mass is 16.1. The molecule has 2 aromatic rings. The summed E-state index contributed by atoms with van der Waals surface area (Å²) in [6, 6.07) is 16.1. The molecule has 0 aromatic heterocycles. The van der Waals surface area contributed by atoms with Crippen LogP contribution in [0.2, 0.25) is 0 Å². The second-order valence-electron chi connectivity index (χ2n) is 3.94. The number of para-hydroxylation sites is 1. The Morgan fingerprint density at radius 2 is 1.95 bits per heavy atom. The van der Waals surface area contributed by atoms with Gasteiger partial charge in [0, 0.05) is 18.3 Å². The zero-order valence-corrected chi connectivity index (χ0v) is 10.5. The molecule has 2 N–H and O–H groups in total. The fourth-order valence-electron chi connectivity index (χ4n) is 1.70. The van der Waals surface area contributed by atoms with Gasteiger partial charge in [-0.25, -0.2) is 0 Å². The standard InChI is InChI=1S/C15H13N3O/c1-17-13-7-4-6-11(9-13)15(19)18-14-8-3-2-5-12(14)10-16/h2-9,17H,1H3,(H,18,19). The number of rotatable bonds is 3. The molecule has 19 heavy (non-hydrogen) atoms. The molecular formula is C15H13N3O. The fourth-order valence-corrected chi connectivity index (χ4v) is 1.70. The highest BCUT2D eigenvalue weighted by Gasteiger charge is 2.08. The molecule has 4 nitrogen and oxygen atoms in total. The summed E-state index contributed by atoms with van der Waals surface area (Å²) in [5.74, 6) is -0.236. The summed E-state index contributed by atoms with van der Waals surface area (Å²) in [5.41, 5.74) is 2.37. The van der Waals surface area contributed by atoms with Crippen molar-refractivity contribution in [3.63, 3.8) is 0 Å². The first-order chi connectivity index (χ1) is 9.24. The Bertz CT molecular complexity index is 644. The highest BCUT2D eigenvalue weighted by molar-refractivity contribution is 6.05. The van der Waals surface area contributed by atoms with Gasteiger partial charge in [-0.1, -0.05) is 18.2 Å². The van der Waals surface area contributed by atoms with Crippen molar-refractivity contribution in [1.29, 1.82) is 5.26 Å². The Kier molecular flexibility index (Phi) is 3.79. The van der Waals surface area contributed by atoms with E-state index >= 15 is 0 Å². The lowest BCUT2D eigenvalue weighted by atomic mass is 10.1. The smallest absolute Gasteiger partial charge is 0.255 e. The van der Waals surface area contributed by atoms with E-state index < -0.39 is 0 Å². The molecule has 0 fully saturated rings. The molecule has 0 spiro atoms. The summed E-state index contributed by atoms with van der Waals surface area (Å²) in [5, 5.41) is 14.7. The van der Waals surface area contributed by atoms with Gasteiger partial charge < -0.3 is 10.6 Å². The molecule has 94 valence electrons. The van der Waals surface area contributed by atoms with Crippen LogP contribution >= 0.6 is 0 Å². The molecule has 0 aliphatic rings. The van der Waals surface area contributed by atoms with E-state index in [4.69, 9.17) is 5.26 Å². The molecule has 0 aliphatic carbocycles. The van der Waals surface area contributed by atoms with Gasteiger partial charge in [0.25, 0.3) is 5.91 Å². The molecule has 0 heterocycles. The van der Waals surface area contributed by atoms with Crippen LogP contribution in [0.1, 0.15) is 15.9 Å². The number of carbonyl (C=O) groups excluding carboxylic acids is 1. The molecule has 2 rings (SSSR count). The molecule has 0 radical (unpaired) electrons. The molecule has 0 saturated heterocycles. The van der Waals surface area contributed by atoms with Crippen LogP contribution in [0.25, 0.3) is 0 Å². The Morgan fingerprint density at radius 1 is 1.16 bits per heavy atom. The number of nitriles is 1. The van der Waals surface area contributed by atoms with Crippen molar-refractivity contribution < 1.29 is 4.79 Å². The molecule has 1 amide bonds. The third kappa shape index (κ3) is 2.90. The number of amides is 1. The second-order valence-corrected chi connectivity index (χ2v) is 3.94. The van der Waals surface area contributed by atoms with Gasteiger partial charge in [-0.15, -0.1) is 0 Å². The lowest BCUT2D eigenvalue weighted by molar-refractivity contribution is 0.102. The van der Waals surface area contributed by atoms with Crippen molar-refractivity contribution in [2.24, 2.45) is 0 Å². The van der Waals surface area contributed by atoms with Crippen molar-refractivity contribution in [3.05, 3.63) is 59.7 Å². The van der Waals surface area contributed by atoms with E-state index in [0.717, 1.165) is 5.69 Å². The normalized spacial score (nSPS) is 9.47. The van der Waals surface area contributed by atoms with Gasteiger partial charge in [-0.3, -0.25) is 4.79 Å². The first kappa shape index (κ1) is 12.7. The van der Waals surface area contributed by atoms with Crippen molar-refractivity contribution >= 4 is 17.3 Å². The predicted octanol–water partition coefficient (Wildman–Crippen LogP) is 2.85. The first-order valence-electron chi connectivity index (χ1n) is 5.83. The molecule has 4 heteroatoms. The molecule has 2 aromatic carbocycles. The monoisotopic (exact) mass is 251 g/mol.